The molecule has 28 heavy (non-hydrogen) atoms. The molecule has 1 saturated heterocycles. The first kappa shape index (κ1) is 17.8. The molecule has 0 radical (unpaired) electrons. The number of H-pyrrole nitrogens is 1. The van der Waals surface area contributed by atoms with Crippen LogP contribution in [0.2, 0.25) is 0 Å². The van der Waals surface area contributed by atoms with Gasteiger partial charge < -0.3 is 10.2 Å². The van der Waals surface area contributed by atoms with Gasteiger partial charge in [0.1, 0.15) is 5.69 Å². The molecule has 0 bridgehead atoms. The Balaban J connectivity index is 1.48. The van der Waals surface area contributed by atoms with Crippen molar-refractivity contribution in [2.75, 3.05) is 11.4 Å². The lowest BCUT2D eigenvalue weighted by molar-refractivity contribution is -0.117. The van der Waals surface area contributed by atoms with Gasteiger partial charge in [-0.3, -0.25) is 19.5 Å². The van der Waals surface area contributed by atoms with Gasteiger partial charge in [-0.25, -0.2) is 4.68 Å². The highest BCUT2D eigenvalue weighted by Gasteiger charge is 2.32. The molecule has 0 aliphatic carbocycles. The summed E-state index contributed by atoms with van der Waals surface area (Å²) in [6.45, 7) is 2.37. The number of aromatic amines is 1. The van der Waals surface area contributed by atoms with E-state index in [0.29, 0.717) is 12.2 Å². The molecule has 1 aliphatic heterocycles. The molecular formula is C21H20N4O3. The van der Waals surface area contributed by atoms with Crippen molar-refractivity contribution in [1.29, 1.82) is 0 Å². The number of aromatic nitrogens is 2. The number of benzene rings is 2. The van der Waals surface area contributed by atoms with Crippen LogP contribution in [0.15, 0.2) is 65.5 Å². The SMILES string of the molecule is Cc1cccc(N2C[C@@H](NC(=O)c3cc(=O)n(-c4ccccc4)[nH]3)CC2=O)c1. The Morgan fingerprint density at radius 2 is 1.79 bits per heavy atom. The second kappa shape index (κ2) is 7.19. The summed E-state index contributed by atoms with van der Waals surface area (Å²) in [7, 11) is 0. The average molecular weight is 376 g/mol. The molecule has 3 aromatic rings. The number of hydrogen-bond acceptors (Lipinski definition) is 3. The maximum Gasteiger partial charge on any atom is 0.271 e. The number of aryl methyl sites for hydroxylation is 1. The van der Waals surface area contributed by atoms with Crippen LogP contribution in [0.5, 0.6) is 0 Å². The van der Waals surface area contributed by atoms with E-state index in [4.69, 9.17) is 0 Å². The van der Waals surface area contributed by atoms with E-state index in [-0.39, 0.29) is 29.6 Å². The largest absolute Gasteiger partial charge is 0.346 e. The first-order valence-electron chi connectivity index (χ1n) is 9.06. The summed E-state index contributed by atoms with van der Waals surface area (Å²) in [6.07, 6.45) is 0.226. The third-order valence-electron chi connectivity index (χ3n) is 4.75. The number of nitrogens with zero attached hydrogens (tertiary/aromatic N) is 2. The second-order valence-corrected chi connectivity index (χ2v) is 6.90. The summed E-state index contributed by atoms with van der Waals surface area (Å²) < 4.78 is 1.31. The van der Waals surface area contributed by atoms with E-state index in [0.717, 1.165) is 11.3 Å². The number of carbonyl (C=O) groups excluding carboxylic acids is 2. The quantitative estimate of drug-likeness (QED) is 0.730. The number of amides is 2. The van der Waals surface area contributed by atoms with E-state index in [9.17, 15) is 14.4 Å². The van der Waals surface area contributed by atoms with Crippen molar-refractivity contribution in [2.24, 2.45) is 0 Å². The molecule has 1 aliphatic rings. The summed E-state index contributed by atoms with van der Waals surface area (Å²) in [4.78, 5) is 38.8. The molecule has 142 valence electrons. The summed E-state index contributed by atoms with van der Waals surface area (Å²) in [5.74, 6) is -0.443. The summed E-state index contributed by atoms with van der Waals surface area (Å²) in [6, 6.07) is 17.7. The van der Waals surface area contributed by atoms with Crippen molar-refractivity contribution in [2.45, 2.75) is 19.4 Å². The molecule has 0 spiro atoms. The fraction of sp³-hybridized carbons (Fsp3) is 0.190. The van der Waals surface area contributed by atoms with Crippen LogP contribution >= 0.6 is 0 Å². The van der Waals surface area contributed by atoms with Crippen LogP contribution in [0.1, 0.15) is 22.5 Å². The summed E-state index contributed by atoms with van der Waals surface area (Å²) in [5, 5.41) is 5.67. The molecule has 1 atom stereocenters. The van der Waals surface area contributed by atoms with Gasteiger partial charge in [-0.1, -0.05) is 30.3 Å². The van der Waals surface area contributed by atoms with Crippen LogP contribution in [0, 0.1) is 6.92 Å². The molecule has 2 amide bonds. The Labute approximate surface area is 161 Å². The smallest absolute Gasteiger partial charge is 0.271 e. The van der Waals surface area contributed by atoms with Gasteiger partial charge in [0, 0.05) is 24.7 Å². The zero-order valence-corrected chi connectivity index (χ0v) is 15.4. The van der Waals surface area contributed by atoms with Crippen LogP contribution in [0.4, 0.5) is 5.69 Å². The van der Waals surface area contributed by atoms with Crippen molar-refractivity contribution in [1.82, 2.24) is 15.1 Å². The van der Waals surface area contributed by atoms with E-state index < -0.39 is 5.91 Å². The highest BCUT2D eigenvalue weighted by Crippen LogP contribution is 2.22. The van der Waals surface area contributed by atoms with Gasteiger partial charge >= 0.3 is 0 Å². The third-order valence-corrected chi connectivity index (χ3v) is 4.75. The zero-order valence-electron chi connectivity index (χ0n) is 15.4. The highest BCUT2D eigenvalue weighted by molar-refractivity contribution is 5.98. The Kier molecular flexibility index (Phi) is 4.57. The summed E-state index contributed by atoms with van der Waals surface area (Å²) >= 11 is 0. The first-order valence-corrected chi connectivity index (χ1v) is 9.06. The Hall–Kier alpha value is -3.61. The van der Waals surface area contributed by atoms with Gasteiger partial charge in [-0.2, -0.15) is 0 Å². The normalized spacial score (nSPS) is 16.4. The van der Waals surface area contributed by atoms with E-state index in [2.05, 4.69) is 10.4 Å². The number of anilines is 1. The number of hydrogen-bond donors (Lipinski definition) is 2. The topological polar surface area (TPSA) is 87.2 Å². The van der Waals surface area contributed by atoms with Gasteiger partial charge in [0.15, 0.2) is 0 Å². The lowest BCUT2D eigenvalue weighted by Crippen LogP contribution is -2.37. The lowest BCUT2D eigenvalue weighted by atomic mass is 10.2. The van der Waals surface area contributed by atoms with Gasteiger partial charge in [-0.05, 0) is 36.8 Å². The molecule has 0 saturated carbocycles. The van der Waals surface area contributed by atoms with Crippen molar-refractivity contribution in [3.63, 3.8) is 0 Å². The van der Waals surface area contributed by atoms with Crippen LogP contribution in [0.25, 0.3) is 5.69 Å². The average Bonchev–Trinajstić information content (AvgIpc) is 3.25. The minimum absolute atomic E-state index is 0.0359. The molecule has 2 heterocycles. The van der Waals surface area contributed by atoms with Crippen molar-refractivity contribution in [3.8, 4) is 5.69 Å². The molecule has 2 N–H and O–H groups in total. The van der Waals surface area contributed by atoms with Crippen LogP contribution in [-0.4, -0.2) is 34.2 Å². The van der Waals surface area contributed by atoms with Gasteiger partial charge in [0.25, 0.3) is 11.5 Å². The van der Waals surface area contributed by atoms with Gasteiger partial charge in [-0.15, -0.1) is 0 Å². The molecule has 1 fully saturated rings. The third kappa shape index (κ3) is 3.46. The van der Waals surface area contributed by atoms with Gasteiger partial charge in [0.05, 0.1) is 11.7 Å². The van der Waals surface area contributed by atoms with Crippen molar-refractivity contribution in [3.05, 3.63) is 82.3 Å². The maximum atomic E-state index is 12.6. The fourth-order valence-electron chi connectivity index (χ4n) is 3.39. The predicted molar refractivity (Wildman–Crippen MR) is 106 cm³/mol. The van der Waals surface area contributed by atoms with Crippen LogP contribution in [-0.2, 0) is 4.79 Å². The fourth-order valence-corrected chi connectivity index (χ4v) is 3.39. The van der Waals surface area contributed by atoms with Gasteiger partial charge in [0.2, 0.25) is 5.91 Å². The first-order chi connectivity index (χ1) is 13.5. The minimum Gasteiger partial charge on any atom is -0.346 e. The summed E-state index contributed by atoms with van der Waals surface area (Å²) in [5.41, 5.74) is 2.38. The standard InChI is InChI=1S/C21H20N4O3/c1-14-6-5-9-17(10-14)24-13-15(11-19(24)26)22-21(28)18-12-20(27)25(23-18)16-7-3-2-4-8-16/h2-10,12,15,23H,11,13H2,1H3,(H,22,28)/t15-/m0/s1. The second-order valence-electron chi connectivity index (χ2n) is 6.90. The zero-order chi connectivity index (χ0) is 19.7. The predicted octanol–water partition coefficient (Wildman–Crippen LogP) is 2.01. The number of nitrogens with one attached hydrogen (secondary N) is 2. The lowest BCUT2D eigenvalue weighted by Gasteiger charge is -2.17. The number of carbonyl (C=O) groups is 2. The van der Waals surface area contributed by atoms with Crippen molar-refractivity contribution < 1.29 is 9.59 Å². The van der Waals surface area contributed by atoms with Crippen LogP contribution in [0.3, 0.4) is 0 Å². The Morgan fingerprint density at radius 3 is 2.54 bits per heavy atom. The molecule has 7 heteroatoms. The Morgan fingerprint density at radius 1 is 1.04 bits per heavy atom. The molecular weight excluding hydrogens is 356 g/mol. The molecule has 2 aromatic carbocycles. The number of rotatable bonds is 4. The minimum atomic E-state index is -0.407. The molecule has 4 rings (SSSR count). The number of para-hydroxylation sites is 1. The van der Waals surface area contributed by atoms with E-state index >= 15 is 0 Å². The maximum absolute atomic E-state index is 12.6. The molecule has 0 unspecified atom stereocenters. The monoisotopic (exact) mass is 376 g/mol. The van der Waals surface area contributed by atoms with Crippen LogP contribution < -0.4 is 15.8 Å². The van der Waals surface area contributed by atoms with Crippen molar-refractivity contribution >= 4 is 17.5 Å². The van der Waals surface area contributed by atoms with E-state index in [1.54, 1.807) is 17.0 Å². The highest BCUT2D eigenvalue weighted by atomic mass is 16.2. The molecule has 7 nitrogen and oxygen atoms in total. The Bertz CT molecular complexity index is 1080. The molecule has 1 aromatic heterocycles. The van der Waals surface area contributed by atoms with E-state index in [1.807, 2.05) is 49.4 Å². The van der Waals surface area contributed by atoms with E-state index in [1.165, 1.54) is 10.7 Å².